The lowest BCUT2D eigenvalue weighted by molar-refractivity contribution is 0.201. The first-order chi connectivity index (χ1) is 17.9. The van der Waals surface area contributed by atoms with Crippen molar-refractivity contribution >= 4 is 34.3 Å². The van der Waals surface area contributed by atoms with E-state index in [1.165, 1.54) is 4.90 Å². The number of fused-ring (bicyclic) bond motifs is 1. The Labute approximate surface area is 215 Å². The summed E-state index contributed by atoms with van der Waals surface area (Å²) in [6.07, 6.45) is 0. The molecule has 5 rings (SSSR count). The Kier molecular flexibility index (Phi) is 6.88. The second kappa shape index (κ2) is 10.4. The first-order valence-electron chi connectivity index (χ1n) is 11.4. The van der Waals surface area contributed by atoms with E-state index in [0.29, 0.717) is 28.5 Å². The van der Waals surface area contributed by atoms with Crippen LogP contribution in [0, 0.1) is 17.5 Å². The summed E-state index contributed by atoms with van der Waals surface area (Å²) in [7, 11) is 0. The van der Waals surface area contributed by atoms with E-state index in [2.05, 4.69) is 5.32 Å². The maximum atomic E-state index is 14.3. The van der Waals surface area contributed by atoms with Crippen LogP contribution in [0.2, 0.25) is 5.02 Å². The van der Waals surface area contributed by atoms with Crippen LogP contribution in [0.4, 0.5) is 23.7 Å². The van der Waals surface area contributed by atoms with Gasteiger partial charge >= 0.3 is 6.03 Å². The smallest absolute Gasteiger partial charge is 0.322 e. The third-order valence-electron chi connectivity index (χ3n) is 5.86. The predicted molar refractivity (Wildman–Crippen MR) is 138 cm³/mol. The normalized spacial score (nSPS) is 11.0. The molecule has 4 aromatic carbocycles. The topological polar surface area (TPSA) is 45.5 Å². The highest BCUT2D eigenvalue weighted by Crippen LogP contribution is 2.37. The highest BCUT2D eigenvalue weighted by atomic mass is 35.5. The lowest BCUT2D eigenvalue weighted by Crippen LogP contribution is -2.34. The Morgan fingerprint density at radius 2 is 1.49 bits per heavy atom. The van der Waals surface area contributed by atoms with E-state index in [0.717, 1.165) is 22.1 Å². The SMILES string of the molecule is O=C(Nc1c(F)cc(F)cc1F)N(Cc1ccccc1)Cc1oc2ccc(Cl)cc2c1-c1ccccc1. The number of hydrogen-bond acceptors (Lipinski definition) is 2. The number of benzene rings is 4. The number of nitrogens with one attached hydrogen (secondary N) is 1. The van der Waals surface area contributed by atoms with E-state index in [9.17, 15) is 18.0 Å². The molecule has 186 valence electrons. The minimum Gasteiger partial charge on any atom is -0.459 e. The summed E-state index contributed by atoms with van der Waals surface area (Å²) in [5.74, 6) is -3.04. The number of carbonyl (C=O) groups is 1. The zero-order valence-corrected chi connectivity index (χ0v) is 20.1. The first-order valence-corrected chi connectivity index (χ1v) is 11.8. The van der Waals surface area contributed by atoms with Crippen LogP contribution in [-0.2, 0) is 13.1 Å². The van der Waals surface area contributed by atoms with Crippen molar-refractivity contribution in [2.75, 3.05) is 5.32 Å². The van der Waals surface area contributed by atoms with Crippen LogP contribution in [0.15, 0.2) is 95.4 Å². The molecule has 0 radical (unpaired) electrons. The zero-order chi connectivity index (χ0) is 25.9. The highest BCUT2D eigenvalue weighted by molar-refractivity contribution is 6.31. The average Bonchev–Trinajstić information content (AvgIpc) is 3.23. The van der Waals surface area contributed by atoms with Gasteiger partial charge in [0.05, 0.1) is 6.54 Å². The molecule has 0 fully saturated rings. The summed E-state index contributed by atoms with van der Waals surface area (Å²) in [6.45, 7) is 0.0881. The molecule has 1 aromatic heterocycles. The second-order valence-electron chi connectivity index (χ2n) is 8.42. The van der Waals surface area contributed by atoms with Gasteiger partial charge in [-0.15, -0.1) is 0 Å². The predicted octanol–water partition coefficient (Wildman–Crippen LogP) is 8.40. The molecule has 5 aromatic rings. The number of carbonyl (C=O) groups excluding carboxylic acids is 1. The van der Waals surface area contributed by atoms with Gasteiger partial charge in [0.2, 0.25) is 0 Å². The van der Waals surface area contributed by atoms with Crippen LogP contribution in [0.5, 0.6) is 0 Å². The minimum atomic E-state index is -1.21. The molecule has 0 aliphatic rings. The number of rotatable bonds is 6. The van der Waals surface area contributed by atoms with Gasteiger partial charge in [0, 0.05) is 34.6 Å². The Hall–Kier alpha value is -4.23. The molecule has 8 heteroatoms. The molecule has 1 N–H and O–H groups in total. The monoisotopic (exact) mass is 520 g/mol. The van der Waals surface area contributed by atoms with Gasteiger partial charge in [-0.25, -0.2) is 18.0 Å². The molecule has 37 heavy (non-hydrogen) atoms. The van der Waals surface area contributed by atoms with Crippen molar-refractivity contribution in [3.63, 3.8) is 0 Å². The van der Waals surface area contributed by atoms with Crippen molar-refractivity contribution in [2.45, 2.75) is 13.1 Å². The number of halogens is 4. The quantitative estimate of drug-likeness (QED) is 0.244. The summed E-state index contributed by atoms with van der Waals surface area (Å²) < 4.78 is 48.2. The molecule has 0 bridgehead atoms. The number of anilines is 1. The van der Waals surface area contributed by atoms with E-state index in [1.807, 2.05) is 60.7 Å². The Bertz CT molecular complexity index is 1550. The summed E-state index contributed by atoms with van der Waals surface area (Å²) >= 11 is 6.27. The number of urea groups is 1. The lowest BCUT2D eigenvalue weighted by Gasteiger charge is -2.23. The van der Waals surface area contributed by atoms with Crippen LogP contribution in [-0.4, -0.2) is 10.9 Å². The molecule has 0 aliphatic heterocycles. The summed E-state index contributed by atoms with van der Waals surface area (Å²) in [4.78, 5) is 14.7. The lowest BCUT2D eigenvalue weighted by atomic mass is 10.0. The van der Waals surface area contributed by atoms with Crippen molar-refractivity contribution in [1.82, 2.24) is 4.90 Å². The molecular formula is C29H20ClF3N2O2. The van der Waals surface area contributed by atoms with Gasteiger partial charge in [-0.3, -0.25) is 0 Å². The molecule has 0 atom stereocenters. The van der Waals surface area contributed by atoms with Gasteiger partial charge in [0.15, 0.2) is 11.6 Å². The van der Waals surface area contributed by atoms with E-state index in [-0.39, 0.29) is 13.1 Å². The third kappa shape index (κ3) is 5.32. The molecule has 0 saturated heterocycles. The molecule has 0 aliphatic carbocycles. The molecule has 0 unspecified atom stereocenters. The van der Waals surface area contributed by atoms with Crippen molar-refractivity contribution in [1.29, 1.82) is 0 Å². The van der Waals surface area contributed by atoms with Crippen molar-refractivity contribution < 1.29 is 22.4 Å². The molecular weight excluding hydrogens is 501 g/mol. The largest absolute Gasteiger partial charge is 0.459 e. The Morgan fingerprint density at radius 1 is 0.838 bits per heavy atom. The fraction of sp³-hybridized carbons (Fsp3) is 0.0690. The average molecular weight is 521 g/mol. The summed E-state index contributed by atoms with van der Waals surface area (Å²) in [6, 6.07) is 24.1. The molecule has 0 spiro atoms. The maximum Gasteiger partial charge on any atom is 0.322 e. The van der Waals surface area contributed by atoms with Crippen LogP contribution >= 0.6 is 11.6 Å². The van der Waals surface area contributed by atoms with Crippen molar-refractivity contribution in [3.8, 4) is 11.1 Å². The van der Waals surface area contributed by atoms with E-state index < -0.39 is 29.2 Å². The number of hydrogen-bond donors (Lipinski definition) is 1. The standard InChI is InChI=1S/C29H20ClF3N2O2/c30-20-11-12-25-22(13-20)27(19-9-5-2-6-10-19)26(37-25)17-35(16-18-7-3-1-4-8-18)29(36)34-28-23(32)14-21(31)15-24(28)33/h1-15H,16-17H2,(H,34,36). The maximum absolute atomic E-state index is 14.3. The molecule has 0 saturated carbocycles. The number of furan rings is 1. The van der Waals surface area contributed by atoms with Gasteiger partial charge in [0.1, 0.15) is 22.8 Å². The van der Waals surface area contributed by atoms with E-state index >= 15 is 0 Å². The van der Waals surface area contributed by atoms with Gasteiger partial charge in [-0.05, 0) is 29.3 Å². The van der Waals surface area contributed by atoms with Crippen LogP contribution in [0.1, 0.15) is 11.3 Å². The van der Waals surface area contributed by atoms with Crippen LogP contribution in [0.25, 0.3) is 22.1 Å². The second-order valence-corrected chi connectivity index (χ2v) is 8.86. The minimum absolute atomic E-state index is 0.0261. The number of amides is 2. The Morgan fingerprint density at radius 3 is 2.16 bits per heavy atom. The van der Waals surface area contributed by atoms with Gasteiger partial charge < -0.3 is 14.6 Å². The molecule has 1 heterocycles. The fourth-order valence-corrected chi connectivity index (χ4v) is 4.35. The van der Waals surface area contributed by atoms with Gasteiger partial charge in [-0.2, -0.15) is 0 Å². The van der Waals surface area contributed by atoms with E-state index in [1.54, 1.807) is 18.2 Å². The van der Waals surface area contributed by atoms with E-state index in [4.69, 9.17) is 16.0 Å². The van der Waals surface area contributed by atoms with Crippen molar-refractivity contribution in [3.05, 3.63) is 125 Å². The number of nitrogens with zero attached hydrogens (tertiary/aromatic N) is 1. The van der Waals surface area contributed by atoms with Crippen LogP contribution in [0.3, 0.4) is 0 Å². The summed E-state index contributed by atoms with van der Waals surface area (Å²) in [5, 5.41) is 3.55. The third-order valence-corrected chi connectivity index (χ3v) is 6.10. The van der Waals surface area contributed by atoms with Gasteiger partial charge in [0.25, 0.3) is 0 Å². The van der Waals surface area contributed by atoms with Crippen molar-refractivity contribution in [2.24, 2.45) is 0 Å². The first kappa shape index (κ1) is 24.5. The highest BCUT2D eigenvalue weighted by Gasteiger charge is 2.24. The Balaban J connectivity index is 1.56. The fourth-order valence-electron chi connectivity index (χ4n) is 4.18. The molecule has 2 amide bonds. The zero-order valence-electron chi connectivity index (χ0n) is 19.4. The van der Waals surface area contributed by atoms with Gasteiger partial charge in [-0.1, -0.05) is 72.3 Å². The summed E-state index contributed by atoms with van der Waals surface area (Å²) in [5.41, 5.74) is 2.24. The molecule has 4 nitrogen and oxygen atoms in total. The van der Waals surface area contributed by atoms with Crippen LogP contribution < -0.4 is 5.32 Å².